The van der Waals surface area contributed by atoms with Gasteiger partial charge in [-0.15, -0.1) is 0 Å². The molecule has 1 aromatic rings. The summed E-state index contributed by atoms with van der Waals surface area (Å²) in [7, 11) is 0. The quantitative estimate of drug-likeness (QED) is 0.466. The SMILES string of the molecule is CCNC(=NCc1ccc(C)cc1OCC1CC1)NCCN1CCN(CC)CC1. The molecule has 1 aliphatic heterocycles. The highest BCUT2D eigenvalue weighted by Gasteiger charge is 2.22. The van der Waals surface area contributed by atoms with Gasteiger partial charge in [-0.25, -0.2) is 4.99 Å². The van der Waals surface area contributed by atoms with Gasteiger partial charge in [0.25, 0.3) is 0 Å². The smallest absolute Gasteiger partial charge is 0.191 e. The van der Waals surface area contributed by atoms with Gasteiger partial charge < -0.3 is 20.3 Å². The van der Waals surface area contributed by atoms with Crippen LogP contribution in [0.4, 0.5) is 0 Å². The topological polar surface area (TPSA) is 52.1 Å². The Bertz CT molecular complexity index is 651. The molecule has 0 unspecified atom stereocenters. The highest BCUT2D eigenvalue weighted by atomic mass is 16.5. The molecule has 29 heavy (non-hydrogen) atoms. The van der Waals surface area contributed by atoms with Gasteiger partial charge in [0.15, 0.2) is 5.96 Å². The number of likely N-dealkylation sites (N-methyl/N-ethyl adjacent to an activating group) is 1. The number of nitrogens with one attached hydrogen (secondary N) is 2. The molecule has 0 amide bonds. The molecular formula is C23H39N5O. The molecule has 0 atom stereocenters. The van der Waals surface area contributed by atoms with Crippen LogP contribution < -0.4 is 15.4 Å². The summed E-state index contributed by atoms with van der Waals surface area (Å²) in [6.07, 6.45) is 2.61. The number of nitrogens with zero attached hydrogens (tertiary/aromatic N) is 3. The Kier molecular flexibility index (Phi) is 8.62. The molecule has 1 aromatic carbocycles. The Hall–Kier alpha value is -1.79. The molecule has 6 heteroatoms. The fourth-order valence-electron chi connectivity index (χ4n) is 3.59. The minimum atomic E-state index is 0.630. The van der Waals surface area contributed by atoms with E-state index in [2.05, 4.69) is 59.4 Å². The van der Waals surface area contributed by atoms with Crippen LogP contribution in [-0.2, 0) is 6.54 Å². The van der Waals surface area contributed by atoms with Crippen LogP contribution in [0.5, 0.6) is 5.75 Å². The molecule has 1 heterocycles. The Balaban J connectivity index is 1.49. The van der Waals surface area contributed by atoms with E-state index in [1.54, 1.807) is 0 Å². The molecule has 3 rings (SSSR count). The minimum absolute atomic E-state index is 0.630. The molecule has 1 saturated heterocycles. The van der Waals surface area contributed by atoms with E-state index >= 15 is 0 Å². The van der Waals surface area contributed by atoms with Crippen molar-refractivity contribution >= 4 is 5.96 Å². The molecule has 0 spiro atoms. The molecule has 2 fully saturated rings. The van der Waals surface area contributed by atoms with Gasteiger partial charge in [0.1, 0.15) is 5.75 Å². The zero-order valence-corrected chi connectivity index (χ0v) is 18.5. The van der Waals surface area contributed by atoms with Gasteiger partial charge in [-0.05, 0) is 50.8 Å². The lowest BCUT2D eigenvalue weighted by atomic mass is 10.1. The summed E-state index contributed by atoms with van der Waals surface area (Å²) in [4.78, 5) is 9.86. The zero-order valence-electron chi connectivity index (χ0n) is 18.5. The van der Waals surface area contributed by atoms with Crippen molar-refractivity contribution in [2.24, 2.45) is 10.9 Å². The molecule has 0 aromatic heterocycles. The summed E-state index contributed by atoms with van der Waals surface area (Å²) in [5, 5.41) is 6.87. The van der Waals surface area contributed by atoms with Gasteiger partial charge in [0.05, 0.1) is 13.2 Å². The lowest BCUT2D eigenvalue weighted by molar-refractivity contribution is 0.139. The van der Waals surface area contributed by atoms with Crippen molar-refractivity contribution in [2.75, 3.05) is 59.0 Å². The van der Waals surface area contributed by atoms with E-state index in [-0.39, 0.29) is 0 Å². The standard InChI is InChI=1S/C23H39N5O/c1-4-24-23(25-10-11-28-14-12-27(5-2)13-15-28)26-17-21-9-6-19(3)16-22(21)29-18-20-7-8-20/h6,9,16,20H,4-5,7-8,10-15,17-18H2,1-3H3,(H2,24,25,26). The number of benzene rings is 1. The number of hydrogen-bond donors (Lipinski definition) is 2. The van der Waals surface area contributed by atoms with Crippen molar-refractivity contribution in [3.63, 3.8) is 0 Å². The van der Waals surface area contributed by atoms with Gasteiger partial charge >= 0.3 is 0 Å². The number of guanidine groups is 1. The summed E-state index contributed by atoms with van der Waals surface area (Å²) in [6.45, 7) is 16.6. The molecular weight excluding hydrogens is 362 g/mol. The van der Waals surface area contributed by atoms with Gasteiger partial charge in [-0.2, -0.15) is 0 Å². The van der Waals surface area contributed by atoms with Crippen molar-refractivity contribution in [2.45, 2.75) is 40.2 Å². The van der Waals surface area contributed by atoms with Gasteiger partial charge in [-0.1, -0.05) is 19.1 Å². The minimum Gasteiger partial charge on any atom is -0.493 e. The third kappa shape index (κ3) is 7.52. The second-order valence-electron chi connectivity index (χ2n) is 8.26. The number of piperazine rings is 1. The molecule has 2 aliphatic rings. The molecule has 0 bridgehead atoms. The van der Waals surface area contributed by atoms with Crippen molar-refractivity contribution < 1.29 is 4.74 Å². The molecule has 1 aliphatic carbocycles. The largest absolute Gasteiger partial charge is 0.493 e. The van der Waals surface area contributed by atoms with E-state index < -0.39 is 0 Å². The number of aliphatic imine (C=N–C) groups is 1. The molecule has 2 N–H and O–H groups in total. The summed E-state index contributed by atoms with van der Waals surface area (Å²) >= 11 is 0. The fraction of sp³-hybridized carbons (Fsp3) is 0.696. The molecule has 6 nitrogen and oxygen atoms in total. The van der Waals surface area contributed by atoms with Crippen LogP contribution in [0.2, 0.25) is 0 Å². The molecule has 0 radical (unpaired) electrons. The molecule has 1 saturated carbocycles. The van der Waals surface area contributed by atoms with Crippen LogP contribution in [0, 0.1) is 12.8 Å². The van der Waals surface area contributed by atoms with Crippen molar-refractivity contribution in [3.8, 4) is 5.75 Å². The average molecular weight is 402 g/mol. The number of ether oxygens (including phenoxy) is 1. The fourth-order valence-corrected chi connectivity index (χ4v) is 3.59. The number of hydrogen-bond acceptors (Lipinski definition) is 4. The second kappa shape index (κ2) is 11.4. The third-order valence-electron chi connectivity index (χ3n) is 5.78. The predicted octanol–water partition coefficient (Wildman–Crippen LogP) is 2.48. The monoisotopic (exact) mass is 401 g/mol. The Labute approximate surface area is 176 Å². The van der Waals surface area contributed by atoms with E-state index in [4.69, 9.17) is 9.73 Å². The third-order valence-corrected chi connectivity index (χ3v) is 5.78. The summed E-state index contributed by atoms with van der Waals surface area (Å²) in [5.74, 6) is 2.63. The van der Waals surface area contributed by atoms with Gasteiger partial charge in [0, 0.05) is 51.4 Å². The van der Waals surface area contributed by atoms with Crippen LogP contribution in [0.1, 0.15) is 37.8 Å². The van der Waals surface area contributed by atoms with Crippen LogP contribution >= 0.6 is 0 Å². The van der Waals surface area contributed by atoms with Gasteiger partial charge in [0.2, 0.25) is 0 Å². The zero-order chi connectivity index (χ0) is 20.5. The van der Waals surface area contributed by atoms with E-state index in [1.807, 2.05) is 0 Å². The van der Waals surface area contributed by atoms with E-state index in [1.165, 1.54) is 31.5 Å². The first kappa shape index (κ1) is 21.9. The van der Waals surface area contributed by atoms with Crippen molar-refractivity contribution in [1.29, 1.82) is 0 Å². The summed E-state index contributed by atoms with van der Waals surface area (Å²) in [5.41, 5.74) is 2.39. The Morgan fingerprint density at radius 2 is 1.86 bits per heavy atom. The first-order valence-corrected chi connectivity index (χ1v) is 11.4. The summed E-state index contributed by atoms with van der Waals surface area (Å²) < 4.78 is 6.09. The van der Waals surface area contributed by atoms with E-state index in [0.717, 1.165) is 69.1 Å². The number of aryl methyl sites for hydroxylation is 1. The summed E-state index contributed by atoms with van der Waals surface area (Å²) in [6, 6.07) is 6.44. The van der Waals surface area contributed by atoms with Crippen LogP contribution in [0.3, 0.4) is 0 Å². The van der Waals surface area contributed by atoms with Crippen LogP contribution in [0.15, 0.2) is 23.2 Å². The normalized spacial score (nSPS) is 18.7. The first-order chi connectivity index (χ1) is 14.2. The first-order valence-electron chi connectivity index (χ1n) is 11.4. The lowest BCUT2D eigenvalue weighted by Gasteiger charge is -2.34. The Morgan fingerprint density at radius 1 is 1.10 bits per heavy atom. The highest BCUT2D eigenvalue weighted by Crippen LogP contribution is 2.30. The lowest BCUT2D eigenvalue weighted by Crippen LogP contribution is -2.49. The maximum absolute atomic E-state index is 6.09. The predicted molar refractivity (Wildman–Crippen MR) is 121 cm³/mol. The van der Waals surface area contributed by atoms with Crippen LogP contribution in [0.25, 0.3) is 0 Å². The maximum atomic E-state index is 6.09. The van der Waals surface area contributed by atoms with Gasteiger partial charge in [-0.3, -0.25) is 4.90 Å². The van der Waals surface area contributed by atoms with E-state index in [9.17, 15) is 0 Å². The van der Waals surface area contributed by atoms with E-state index in [0.29, 0.717) is 6.54 Å². The molecule has 162 valence electrons. The van der Waals surface area contributed by atoms with Crippen LogP contribution in [-0.4, -0.2) is 74.7 Å². The maximum Gasteiger partial charge on any atom is 0.191 e. The second-order valence-corrected chi connectivity index (χ2v) is 8.26. The van der Waals surface area contributed by atoms with Crippen molar-refractivity contribution in [3.05, 3.63) is 29.3 Å². The number of rotatable bonds is 10. The highest BCUT2D eigenvalue weighted by molar-refractivity contribution is 5.79. The Morgan fingerprint density at radius 3 is 2.55 bits per heavy atom. The van der Waals surface area contributed by atoms with Crippen molar-refractivity contribution in [1.82, 2.24) is 20.4 Å². The average Bonchev–Trinajstić information content (AvgIpc) is 3.56.